The summed E-state index contributed by atoms with van der Waals surface area (Å²) in [7, 11) is 0. The summed E-state index contributed by atoms with van der Waals surface area (Å²) in [6, 6.07) is 21.3. The topological polar surface area (TPSA) is 106 Å². The van der Waals surface area contributed by atoms with Gasteiger partial charge in [-0.2, -0.15) is 18.3 Å². The zero-order valence-corrected chi connectivity index (χ0v) is 24.0. The second-order valence-electron chi connectivity index (χ2n) is 8.85. The molecule has 8 nitrogen and oxygen atoms in total. The molecule has 0 unspecified atom stereocenters. The Morgan fingerprint density at radius 1 is 0.837 bits per heavy atom. The van der Waals surface area contributed by atoms with Crippen molar-refractivity contribution < 1.29 is 37.0 Å². The number of nitrogens with one attached hydrogen (secondary N) is 2. The third kappa shape index (κ3) is 8.52. The van der Waals surface area contributed by atoms with Gasteiger partial charge in [0.25, 0.3) is 11.8 Å². The highest BCUT2D eigenvalue weighted by atomic mass is 79.9. The van der Waals surface area contributed by atoms with Crippen LogP contribution in [0.1, 0.15) is 49.1 Å². The molecule has 220 valence electrons. The molecule has 0 radical (unpaired) electrons. The number of halogens is 4. The predicted molar refractivity (Wildman–Crippen MR) is 158 cm³/mol. The summed E-state index contributed by atoms with van der Waals surface area (Å²) in [4.78, 5) is 37.7. The van der Waals surface area contributed by atoms with Crippen molar-refractivity contribution in [3.63, 3.8) is 0 Å². The summed E-state index contributed by atoms with van der Waals surface area (Å²) in [6.07, 6.45) is -3.23. The molecule has 0 heterocycles. The number of alkyl halides is 3. The van der Waals surface area contributed by atoms with E-state index in [9.17, 15) is 27.6 Å². The molecule has 2 N–H and O–H groups in total. The van der Waals surface area contributed by atoms with Crippen LogP contribution in [0.3, 0.4) is 0 Å². The molecule has 12 heteroatoms. The minimum Gasteiger partial charge on any atom is -0.490 e. The number of rotatable bonds is 9. The molecular formula is C31H23BrF3N3O5. The summed E-state index contributed by atoms with van der Waals surface area (Å²) in [6.45, 7) is 2.08. The van der Waals surface area contributed by atoms with E-state index in [1.807, 2.05) is 0 Å². The lowest BCUT2D eigenvalue weighted by atomic mass is 10.1. The van der Waals surface area contributed by atoms with E-state index in [1.54, 1.807) is 49.4 Å². The van der Waals surface area contributed by atoms with Gasteiger partial charge in [-0.05, 0) is 91.3 Å². The Labute approximate surface area is 252 Å². The Bertz CT molecular complexity index is 1670. The largest absolute Gasteiger partial charge is 0.490 e. The van der Waals surface area contributed by atoms with Gasteiger partial charge in [-0.3, -0.25) is 9.59 Å². The number of amides is 2. The number of ether oxygens (including phenoxy) is 2. The monoisotopic (exact) mass is 653 g/mol. The molecule has 0 aliphatic rings. The van der Waals surface area contributed by atoms with Gasteiger partial charge in [-0.15, -0.1) is 0 Å². The first-order valence-electron chi connectivity index (χ1n) is 12.7. The Hall–Kier alpha value is -4.97. The van der Waals surface area contributed by atoms with Gasteiger partial charge in [0.2, 0.25) is 0 Å². The van der Waals surface area contributed by atoms with Crippen LogP contribution in [0.2, 0.25) is 0 Å². The number of carbonyl (C=O) groups is 3. The fraction of sp³-hybridized carbons (Fsp3) is 0.0968. The van der Waals surface area contributed by atoms with Crippen LogP contribution in [-0.2, 0) is 6.18 Å². The highest BCUT2D eigenvalue weighted by Gasteiger charge is 2.31. The molecule has 0 saturated heterocycles. The minimum absolute atomic E-state index is 0.143. The van der Waals surface area contributed by atoms with Gasteiger partial charge in [-0.1, -0.05) is 28.1 Å². The second-order valence-corrected chi connectivity index (χ2v) is 9.76. The van der Waals surface area contributed by atoms with Crippen LogP contribution in [0.4, 0.5) is 18.9 Å². The minimum atomic E-state index is -4.59. The second kappa shape index (κ2) is 13.8. The number of anilines is 1. The van der Waals surface area contributed by atoms with Crippen LogP contribution < -0.4 is 20.2 Å². The summed E-state index contributed by atoms with van der Waals surface area (Å²) < 4.78 is 50.9. The molecule has 4 rings (SSSR count). The highest BCUT2D eigenvalue weighted by molar-refractivity contribution is 9.10. The maximum atomic E-state index is 13.0. The van der Waals surface area contributed by atoms with E-state index >= 15 is 0 Å². The van der Waals surface area contributed by atoms with Crippen LogP contribution in [0.25, 0.3) is 0 Å². The van der Waals surface area contributed by atoms with Gasteiger partial charge in [0.1, 0.15) is 0 Å². The van der Waals surface area contributed by atoms with E-state index in [2.05, 4.69) is 31.8 Å². The van der Waals surface area contributed by atoms with Crippen LogP contribution in [0, 0.1) is 0 Å². The SMILES string of the molecule is CCOc1cc(C=NNC(=O)c2cccc(NC(=O)c3cccc(C(F)(F)F)c3)c2)ccc1OC(=O)c1ccc(Br)cc1. The molecule has 0 fully saturated rings. The first-order valence-corrected chi connectivity index (χ1v) is 13.5. The smallest absolute Gasteiger partial charge is 0.416 e. The van der Waals surface area contributed by atoms with Crippen LogP contribution in [0.5, 0.6) is 11.5 Å². The van der Waals surface area contributed by atoms with Gasteiger partial charge >= 0.3 is 12.1 Å². The van der Waals surface area contributed by atoms with Crippen molar-refractivity contribution in [1.82, 2.24) is 5.43 Å². The van der Waals surface area contributed by atoms with Crippen LogP contribution in [-0.4, -0.2) is 30.6 Å². The average Bonchev–Trinajstić information content (AvgIpc) is 2.98. The first kappa shape index (κ1) is 31.0. The Morgan fingerprint density at radius 2 is 1.53 bits per heavy atom. The highest BCUT2D eigenvalue weighted by Crippen LogP contribution is 2.30. The molecular weight excluding hydrogens is 631 g/mol. The summed E-state index contributed by atoms with van der Waals surface area (Å²) in [5, 5.41) is 6.44. The summed E-state index contributed by atoms with van der Waals surface area (Å²) >= 11 is 3.32. The predicted octanol–water partition coefficient (Wildman–Crippen LogP) is 7.10. The van der Waals surface area contributed by atoms with E-state index in [0.29, 0.717) is 23.5 Å². The van der Waals surface area contributed by atoms with E-state index < -0.39 is 29.5 Å². The van der Waals surface area contributed by atoms with Crippen LogP contribution in [0.15, 0.2) is 101 Å². The molecule has 0 aliphatic carbocycles. The first-order chi connectivity index (χ1) is 20.5. The van der Waals surface area contributed by atoms with Crippen molar-refractivity contribution in [1.29, 1.82) is 0 Å². The Kier molecular flexibility index (Phi) is 9.94. The fourth-order valence-corrected chi connectivity index (χ4v) is 3.97. The van der Waals surface area contributed by atoms with Crippen molar-refractivity contribution in [3.8, 4) is 11.5 Å². The number of esters is 1. The van der Waals surface area contributed by atoms with Crippen molar-refractivity contribution >= 4 is 45.6 Å². The maximum absolute atomic E-state index is 13.0. The lowest BCUT2D eigenvalue weighted by molar-refractivity contribution is -0.137. The molecule has 0 aliphatic heterocycles. The third-order valence-electron chi connectivity index (χ3n) is 5.76. The van der Waals surface area contributed by atoms with E-state index in [-0.39, 0.29) is 22.6 Å². The van der Waals surface area contributed by atoms with Crippen molar-refractivity contribution in [2.24, 2.45) is 5.10 Å². The quantitative estimate of drug-likeness (QED) is 0.0867. The molecule has 0 saturated carbocycles. The van der Waals surface area contributed by atoms with E-state index in [0.717, 1.165) is 22.7 Å². The number of hydrazone groups is 1. The van der Waals surface area contributed by atoms with Gasteiger partial charge in [-0.25, -0.2) is 10.2 Å². The number of benzene rings is 4. The molecule has 0 aromatic heterocycles. The van der Waals surface area contributed by atoms with Crippen LogP contribution >= 0.6 is 15.9 Å². The number of hydrogen-bond donors (Lipinski definition) is 2. The molecule has 4 aromatic carbocycles. The number of nitrogens with zero attached hydrogens (tertiary/aromatic N) is 1. The molecule has 4 aromatic rings. The molecule has 0 atom stereocenters. The number of hydrogen-bond acceptors (Lipinski definition) is 6. The van der Waals surface area contributed by atoms with Gasteiger partial charge in [0, 0.05) is 21.3 Å². The summed E-state index contributed by atoms with van der Waals surface area (Å²) in [5.74, 6) is -1.42. The van der Waals surface area contributed by atoms with Gasteiger partial charge < -0.3 is 14.8 Å². The Morgan fingerprint density at radius 3 is 2.23 bits per heavy atom. The van der Waals surface area contributed by atoms with E-state index in [4.69, 9.17) is 9.47 Å². The fourth-order valence-electron chi connectivity index (χ4n) is 3.71. The van der Waals surface area contributed by atoms with Crippen molar-refractivity contribution in [3.05, 3.63) is 123 Å². The standard InChI is InChI=1S/C31H23BrF3N3O5/c1-2-42-27-15-19(9-14-26(27)43-30(41)20-10-12-24(32)13-11-20)18-36-38-29(40)22-6-4-8-25(17-22)37-28(39)21-5-3-7-23(16-21)31(33,34)35/h3-18H,2H2,1H3,(H,37,39)(H,38,40). The lowest BCUT2D eigenvalue weighted by Crippen LogP contribution is -2.18. The number of carbonyl (C=O) groups excluding carboxylic acids is 3. The molecule has 2 amide bonds. The zero-order valence-electron chi connectivity index (χ0n) is 22.4. The molecule has 0 bridgehead atoms. The molecule has 0 spiro atoms. The maximum Gasteiger partial charge on any atom is 0.416 e. The normalized spacial score (nSPS) is 11.2. The van der Waals surface area contributed by atoms with Gasteiger partial charge in [0.15, 0.2) is 11.5 Å². The van der Waals surface area contributed by atoms with Crippen molar-refractivity contribution in [2.45, 2.75) is 13.1 Å². The third-order valence-corrected chi connectivity index (χ3v) is 6.29. The molecule has 43 heavy (non-hydrogen) atoms. The van der Waals surface area contributed by atoms with Crippen molar-refractivity contribution in [2.75, 3.05) is 11.9 Å². The average molecular weight is 654 g/mol. The van der Waals surface area contributed by atoms with E-state index in [1.165, 1.54) is 36.5 Å². The zero-order chi connectivity index (χ0) is 31.0. The van der Waals surface area contributed by atoms with Gasteiger partial charge in [0.05, 0.1) is 23.9 Å². The summed E-state index contributed by atoms with van der Waals surface area (Å²) in [5.41, 5.74) is 2.48. The Balaban J connectivity index is 1.39. The lowest BCUT2D eigenvalue weighted by Gasteiger charge is -2.11.